The van der Waals surface area contributed by atoms with Crippen molar-refractivity contribution in [2.45, 2.75) is 39.2 Å². The highest BCUT2D eigenvalue weighted by molar-refractivity contribution is 5.79. The molecule has 132 valence electrons. The van der Waals surface area contributed by atoms with Crippen LogP contribution >= 0.6 is 0 Å². The Hall–Kier alpha value is -1.55. The first-order valence-corrected chi connectivity index (χ1v) is 9.30. The maximum Gasteiger partial charge on any atom is 0.225 e. The minimum absolute atomic E-state index is 0.233. The largest absolute Gasteiger partial charge is 0.497 e. The summed E-state index contributed by atoms with van der Waals surface area (Å²) in [6, 6.07) is 8.28. The summed E-state index contributed by atoms with van der Waals surface area (Å²) in [7, 11) is 1.71. The molecule has 0 spiro atoms. The van der Waals surface area contributed by atoms with Gasteiger partial charge in [0.25, 0.3) is 0 Å². The van der Waals surface area contributed by atoms with Crippen LogP contribution in [0.5, 0.6) is 5.75 Å². The fourth-order valence-electron chi connectivity index (χ4n) is 4.01. The summed E-state index contributed by atoms with van der Waals surface area (Å²) in [4.78, 5) is 17.3. The summed E-state index contributed by atoms with van der Waals surface area (Å²) < 4.78 is 5.30. The quantitative estimate of drug-likeness (QED) is 0.850. The Kier molecular flexibility index (Phi) is 5.77. The van der Waals surface area contributed by atoms with Crippen molar-refractivity contribution in [2.24, 2.45) is 11.8 Å². The van der Waals surface area contributed by atoms with E-state index in [2.05, 4.69) is 28.9 Å². The average molecular weight is 330 g/mol. The Balaban J connectivity index is 1.49. The summed E-state index contributed by atoms with van der Waals surface area (Å²) in [5.74, 6) is 2.21. The monoisotopic (exact) mass is 330 g/mol. The molecule has 0 bridgehead atoms. The number of carbonyl (C=O) groups excluding carboxylic acids is 1. The lowest BCUT2D eigenvalue weighted by atomic mass is 9.92. The molecule has 1 aromatic rings. The number of hydrogen-bond donors (Lipinski definition) is 0. The summed E-state index contributed by atoms with van der Waals surface area (Å²) >= 11 is 0. The molecule has 0 aliphatic carbocycles. The molecular formula is C20H30N2O2. The third-order valence-electron chi connectivity index (χ3n) is 5.45. The van der Waals surface area contributed by atoms with Crippen molar-refractivity contribution < 1.29 is 9.53 Å². The molecule has 0 aromatic heterocycles. The maximum atomic E-state index is 12.7. The summed E-state index contributed by atoms with van der Waals surface area (Å²) in [6.07, 6.45) is 4.42. The maximum absolute atomic E-state index is 12.7. The van der Waals surface area contributed by atoms with Crippen LogP contribution in [0.25, 0.3) is 0 Å². The van der Waals surface area contributed by atoms with Gasteiger partial charge in [0.2, 0.25) is 5.91 Å². The van der Waals surface area contributed by atoms with Gasteiger partial charge < -0.3 is 9.64 Å². The van der Waals surface area contributed by atoms with Gasteiger partial charge in [-0.25, -0.2) is 0 Å². The lowest BCUT2D eigenvalue weighted by Gasteiger charge is -2.37. The number of rotatable bonds is 4. The van der Waals surface area contributed by atoms with Gasteiger partial charge in [-0.15, -0.1) is 0 Å². The van der Waals surface area contributed by atoms with E-state index in [0.29, 0.717) is 11.8 Å². The summed E-state index contributed by atoms with van der Waals surface area (Å²) in [5.41, 5.74) is 1.28. The van der Waals surface area contributed by atoms with Crippen molar-refractivity contribution in [3.8, 4) is 5.75 Å². The topological polar surface area (TPSA) is 32.8 Å². The van der Waals surface area contributed by atoms with Crippen molar-refractivity contribution in [3.63, 3.8) is 0 Å². The number of methoxy groups -OCH3 is 1. The summed E-state index contributed by atoms with van der Waals surface area (Å²) in [5, 5.41) is 0. The molecule has 24 heavy (non-hydrogen) atoms. The highest BCUT2D eigenvalue weighted by Gasteiger charge is 2.30. The normalized spacial score (nSPS) is 23.2. The molecule has 0 N–H and O–H groups in total. The molecule has 0 unspecified atom stereocenters. The lowest BCUT2D eigenvalue weighted by molar-refractivity contribution is -0.138. The number of amides is 1. The molecule has 4 nitrogen and oxygen atoms in total. The van der Waals surface area contributed by atoms with Crippen molar-refractivity contribution in [1.82, 2.24) is 9.80 Å². The van der Waals surface area contributed by atoms with E-state index in [1.807, 2.05) is 12.1 Å². The molecule has 4 heteroatoms. The highest BCUT2D eigenvalue weighted by atomic mass is 16.5. The number of nitrogens with zero attached hydrogens (tertiary/aromatic N) is 2. The van der Waals surface area contributed by atoms with Crippen LogP contribution in [0.15, 0.2) is 24.3 Å². The smallest absolute Gasteiger partial charge is 0.225 e. The van der Waals surface area contributed by atoms with Gasteiger partial charge in [-0.1, -0.05) is 19.1 Å². The van der Waals surface area contributed by atoms with E-state index in [-0.39, 0.29) is 5.92 Å². The number of piperidine rings is 2. The second-order valence-electron chi connectivity index (χ2n) is 7.43. The molecule has 0 radical (unpaired) electrons. The highest BCUT2D eigenvalue weighted by Crippen LogP contribution is 2.25. The standard InChI is InChI=1S/C20H30N2O2/c1-16-5-4-10-22(14-16)20(23)18-8-11-21(12-9-18)15-17-6-3-7-19(13-17)24-2/h3,6-7,13,16,18H,4-5,8-12,14-15H2,1-2H3/t16-/m0/s1. The van der Waals surface area contributed by atoms with E-state index < -0.39 is 0 Å². The number of hydrogen-bond acceptors (Lipinski definition) is 3. The first-order chi connectivity index (χ1) is 11.7. The Bertz CT molecular complexity index is 552. The Morgan fingerprint density at radius 3 is 2.71 bits per heavy atom. The van der Waals surface area contributed by atoms with Gasteiger partial charge in [0.05, 0.1) is 7.11 Å². The van der Waals surface area contributed by atoms with Gasteiger partial charge in [-0.3, -0.25) is 9.69 Å². The predicted molar refractivity (Wildman–Crippen MR) is 96.0 cm³/mol. The zero-order chi connectivity index (χ0) is 16.9. The van der Waals surface area contributed by atoms with Gasteiger partial charge in [0.15, 0.2) is 0 Å². The average Bonchev–Trinajstić information content (AvgIpc) is 2.62. The predicted octanol–water partition coefficient (Wildman–Crippen LogP) is 3.17. The zero-order valence-electron chi connectivity index (χ0n) is 15.0. The Labute approximate surface area is 145 Å². The number of ether oxygens (including phenoxy) is 1. The molecule has 1 atom stereocenters. The van der Waals surface area contributed by atoms with Gasteiger partial charge in [-0.05, 0) is 62.4 Å². The fourth-order valence-corrected chi connectivity index (χ4v) is 4.01. The second-order valence-corrected chi connectivity index (χ2v) is 7.43. The van der Waals surface area contributed by atoms with Gasteiger partial charge in [0.1, 0.15) is 5.75 Å². The molecule has 2 fully saturated rings. The van der Waals surface area contributed by atoms with Crippen molar-refractivity contribution in [3.05, 3.63) is 29.8 Å². The van der Waals surface area contributed by atoms with Crippen LogP contribution in [-0.2, 0) is 11.3 Å². The van der Waals surface area contributed by atoms with Crippen LogP contribution < -0.4 is 4.74 Å². The first kappa shape index (κ1) is 17.3. The van der Waals surface area contributed by atoms with Crippen LogP contribution in [0.4, 0.5) is 0 Å². The number of benzene rings is 1. The molecule has 1 amide bonds. The fraction of sp³-hybridized carbons (Fsp3) is 0.650. The van der Waals surface area contributed by atoms with E-state index in [9.17, 15) is 4.79 Å². The van der Waals surface area contributed by atoms with Gasteiger partial charge in [-0.2, -0.15) is 0 Å². The molecule has 3 rings (SSSR count). The first-order valence-electron chi connectivity index (χ1n) is 9.30. The molecule has 2 aliphatic heterocycles. The van der Waals surface area contributed by atoms with E-state index in [0.717, 1.165) is 51.3 Å². The van der Waals surface area contributed by atoms with E-state index >= 15 is 0 Å². The molecule has 2 aliphatic rings. The van der Waals surface area contributed by atoms with E-state index in [4.69, 9.17) is 4.74 Å². The SMILES string of the molecule is COc1cccc(CN2CCC(C(=O)N3CCC[C@H](C)C3)CC2)c1. The Morgan fingerprint density at radius 1 is 1.21 bits per heavy atom. The van der Waals surface area contributed by atoms with Crippen LogP contribution in [0.1, 0.15) is 38.2 Å². The third-order valence-corrected chi connectivity index (χ3v) is 5.45. The lowest BCUT2D eigenvalue weighted by Crippen LogP contribution is -2.45. The van der Waals surface area contributed by atoms with Crippen LogP contribution in [0, 0.1) is 11.8 Å². The number of carbonyl (C=O) groups is 1. The number of likely N-dealkylation sites (tertiary alicyclic amines) is 2. The molecule has 2 heterocycles. The van der Waals surface area contributed by atoms with Crippen molar-refractivity contribution in [1.29, 1.82) is 0 Å². The molecule has 0 saturated carbocycles. The van der Waals surface area contributed by atoms with Crippen LogP contribution in [0.3, 0.4) is 0 Å². The second kappa shape index (κ2) is 8.02. The van der Waals surface area contributed by atoms with E-state index in [1.165, 1.54) is 18.4 Å². The van der Waals surface area contributed by atoms with Crippen molar-refractivity contribution >= 4 is 5.91 Å². The Morgan fingerprint density at radius 2 is 2.00 bits per heavy atom. The minimum Gasteiger partial charge on any atom is -0.497 e. The van der Waals surface area contributed by atoms with Crippen LogP contribution in [-0.4, -0.2) is 49.0 Å². The van der Waals surface area contributed by atoms with E-state index in [1.54, 1.807) is 7.11 Å². The van der Waals surface area contributed by atoms with Gasteiger partial charge in [0, 0.05) is 25.6 Å². The minimum atomic E-state index is 0.233. The molecular weight excluding hydrogens is 300 g/mol. The zero-order valence-corrected chi connectivity index (χ0v) is 15.0. The molecule has 2 saturated heterocycles. The van der Waals surface area contributed by atoms with Crippen LogP contribution in [0.2, 0.25) is 0 Å². The van der Waals surface area contributed by atoms with Crippen molar-refractivity contribution in [2.75, 3.05) is 33.3 Å². The third kappa shape index (κ3) is 4.29. The molecule has 1 aromatic carbocycles. The van der Waals surface area contributed by atoms with Gasteiger partial charge >= 0.3 is 0 Å². The summed E-state index contributed by atoms with van der Waals surface area (Å²) in [6.45, 7) is 7.15.